The Labute approximate surface area is 192 Å². The number of ether oxygens (including phenoxy) is 1. The molecule has 0 amide bonds. The van der Waals surface area contributed by atoms with Gasteiger partial charge in [-0.1, -0.05) is 12.1 Å². The molecule has 4 aromatic rings. The van der Waals surface area contributed by atoms with Crippen LogP contribution in [0.5, 0.6) is 5.75 Å². The second kappa shape index (κ2) is 9.53. The highest BCUT2D eigenvalue weighted by molar-refractivity contribution is 7.92. The van der Waals surface area contributed by atoms with E-state index in [2.05, 4.69) is 30.3 Å². The van der Waals surface area contributed by atoms with E-state index in [1.807, 2.05) is 19.1 Å². The molecule has 0 saturated carbocycles. The van der Waals surface area contributed by atoms with Crippen LogP contribution < -0.4 is 20.1 Å². The van der Waals surface area contributed by atoms with Crippen molar-refractivity contribution < 1.29 is 13.2 Å². The lowest BCUT2D eigenvalue weighted by Gasteiger charge is -2.12. The molecule has 168 valence electrons. The SMILES string of the molecule is COc1ccccc1S(=O)(=O)Nc1ccc(Nc2cc(Nc3cc(C)ccn3)ncn2)cc1. The highest BCUT2D eigenvalue weighted by Gasteiger charge is 2.19. The van der Waals surface area contributed by atoms with Gasteiger partial charge in [-0.3, -0.25) is 4.72 Å². The number of hydrogen-bond acceptors (Lipinski definition) is 8. The summed E-state index contributed by atoms with van der Waals surface area (Å²) in [5.41, 5.74) is 2.23. The van der Waals surface area contributed by atoms with E-state index in [0.29, 0.717) is 23.1 Å². The van der Waals surface area contributed by atoms with Gasteiger partial charge in [-0.05, 0) is 61.0 Å². The lowest BCUT2D eigenvalue weighted by molar-refractivity contribution is 0.403. The fourth-order valence-electron chi connectivity index (χ4n) is 3.05. The quantitative estimate of drug-likeness (QED) is 0.351. The summed E-state index contributed by atoms with van der Waals surface area (Å²) in [4.78, 5) is 12.8. The molecular formula is C23H22N6O3S. The van der Waals surface area contributed by atoms with Gasteiger partial charge in [0.05, 0.1) is 7.11 Å². The minimum absolute atomic E-state index is 0.0683. The normalized spacial score (nSPS) is 11.0. The second-order valence-corrected chi connectivity index (χ2v) is 8.74. The summed E-state index contributed by atoms with van der Waals surface area (Å²) in [6.07, 6.45) is 3.16. The summed E-state index contributed by atoms with van der Waals surface area (Å²) in [6.45, 7) is 1.99. The molecule has 0 saturated heterocycles. The standard InChI is InChI=1S/C23H22N6O3S/c1-16-11-12-24-21(13-16)28-23-14-22(25-15-26-23)27-17-7-9-18(10-8-17)29-33(30,31)20-6-4-3-5-19(20)32-2/h3-15,29H,1-2H3,(H2,24,25,26,27,28). The van der Waals surface area contributed by atoms with Crippen molar-refractivity contribution in [1.82, 2.24) is 15.0 Å². The third-order valence-corrected chi connectivity index (χ3v) is 6.03. The Hall–Kier alpha value is -4.18. The zero-order chi connectivity index (χ0) is 23.3. The van der Waals surface area contributed by atoms with Crippen molar-refractivity contribution in [3.05, 3.63) is 84.8 Å². The Balaban J connectivity index is 1.45. The molecule has 9 nitrogen and oxygen atoms in total. The van der Waals surface area contributed by atoms with Crippen LogP contribution in [0.4, 0.5) is 28.8 Å². The van der Waals surface area contributed by atoms with E-state index in [4.69, 9.17) is 4.74 Å². The number of nitrogens with zero attached hydrogens (tertiary/aromatic N) is 3. The molecular weight excluding hydrogens is 440 g/mol. The molecule has 0 aliphatic carbocycles. The topological polar surface area (TPSA) is 118 Å². The predicted octanol–water partition coefficient (Wildman–Crippen LogP) is 4.48. The Morgan fingerprint density at radius 3 is 2.18 bits per heavy atom. The Bertz CT molecular complexity index is 1360. The number of para-hydroxylation sites is 1. The van der Waals surface area contributed by atoms with Crippen LogP contribution in [0.3, 0.4) is 0 Å². The van der Waals surface area contributed by atoms with Crippen LogP contribution in [-0.2, 0) is 10.0 Å². The van der Waals surface area contributed by atoms with E-state index in [1.54, 1.807) is 54.7 Å². The third-order valence-electron chi connectivity index (χ3n) is 4.61. The van der Waals surface area contributed by atoms with Gasteiger partial charge in [0.2, 0.25) is 0 Å². The Kier molecular flexibility index (Phi) is 6.36. The monoisotopic (exact) mass is 462 g/mol. The maximum absolute atomic E-state index is 12.7. The van der Waals surface area contributed by atoms with Crippen LogP contribution in [0.2, 0.25) is 0 Å². The van der Waals surface area contributed by atoms with E-state index in [0.717, 1.165) is 11.3 Å². The largest absolute Gasteiger partial charge is 0.495 e. The highest BCUT2D eigenvalue weighted by Crippen LogP contribution is 2.26. The van der Waals surface area contributed by atoms with Gasteiger partial charge >= 0.3 is 0 Å². The van der Waals surface area contributed by atoms with Crippen molar-refractivity contribution in [3.63, 3.8) is 0 Å². The summed E-state index contributed by atoms with van der Waals surface area (Å²) >= 11 is 0. The van der Waals surface area contributed by atoms with Crippen LogP contribution in [-0.4, -0.2) is 30.5 Å². The molecule has 2 heterocycles. The number of rotatable bonds is 8. The lowest BCUT2D eigenvalue weighted by atomic mass is 10.3. The molecule has 0 radical (unpaired) electrons. The predicted molar refractivity (Wildman–Crippen MR) is 128 cm³/mol. The van der Waals surface area contributed by atoms with Crippen molar-refractivity contribution in [3.8, 4) is 5.75 Å². The first-order valence-electron chi connectivity index (χ1n) is 9.97. The van der Waals surface area contributed by atoms with Crippen LogP contribution >= 0.6 is 0 Å². The number of benzene rings is 2. The molecule has 2 aromatic carbocycles. The molecule has 10 heteroatoms. The van der Waals surface area contributed by atoms with E-state index < -0.39 is 10.0 Å². The number of aromatic nitrogens is 3. The van der Waals surface area contributed by atoms with Gasteiger partial charge < -0.3 is 15.4 Å². The number of methoxy groups -OCH3 is 1. The summed E-state index contributed by atoms with van der Waals surface area (Å²) in [6, 6.07) is 18.8. The minimum Gasteiger partial charge on any atom is -0.495 e. The number of aryl methyl sites for hydroxylation is 1. The van der Waals surface area contributed by atoms with Gasteiger partial charge in [0.1, 0.15) is 34.4 Å². The van der Waals surface area contributed by atoms with E-state index >= 15 is 0 Å². The number of sulfonamides is 1. The van der Waals surface area contributed by atoms with Crippen LogP contribution in [0.25, 0.3) is 0 Å². The Morgan fingerprint density at radius 2 is 1.45 bits per heavy atom. The first-order valence-corrected chi connectivity index (χ1v) is 11.5. The molecule has 0 aliphatic rings. The number of nitrogens with one attached hydrogen (secondary N) is 3. The van der Waals surface area contributed by atoms with E-state index in [1.165, 1.54) is 19.5 Å². The Morgan fingerprint density at radius 1 is 0.788 bits per heavy atom. The fourth-order valence-corrected chi connectivity index (χ4v) is 4.28. The zero-order valence-electron chi connectivity index (χ0n) is 18.0. The summed E-state index contributed by atoms with van der Waals surface area (Å²) in [5, 5.41) is 6.31. The van der Waals surface area contributed by atoms with Crippen molar-refractivity contribution in [2.45, 2.75) is 11.8 Å². The average molecular weight is 463 g/mol. The smallest absolute Gasteiger partial charge is 0.265 e. The van der Waals surface area contributed by atoms with Gasteiger partial charge in [0.15, 0.2) is 0 Å². The zero-order valence-corrected chi connectivity index (χ0v) is 18.8. The van der Waals surface area contributed by atoms with Gasteiger partial charge in [0.25, 0.3) is 10.0 Å². The molecule has 33 heavy (non-hydrogen) atoms. The van der Waals surface area contributed by atoms with Gasteiger partial charge in [-0.25, -0.2) is 23.4 Å². The summed E-state index contributed by atoms with van der Waals surface area (Å²) in [5.74, 6) is 2.12. The molecule has 0 aliphatic heterocycles. The van der Waals surface area contributed by atoms with Crippen LogP contribution in [0.1, 0.15) is 5.56 Å². The molecule has 0 bridgehead atoms. The molecule has 0 fully saturated rings. The van der Waals surface area contributed by atoms with E-state index in [-0.39, 0.29) is 10.6 Å². The summed E-state index contributed by atoms with van der Waals surface area (Å²) in [7, 11) is -2.37. The highest BCUT2D eigenvalue weighted by atomic mass is 32.2. The second-order valence-electron chi connectivity index (χ2n) is 7.09. The van der Waals surface area contributed by atoms with Gasteiger partial charge in [0, 0.05) is 23.6 Å². The number of hydrogen-bond donors (Lipinski definition) is 3. The van der Waals surface area contributed by atoms with Gasteiger partial charge in [-0.15, -0.1) is 0 Å². The number of anilines is 5. The first kappa shape index (κ1) is 22.0. The number of pyridine rings is 1. The maximum Gasteiger partial charge on any atom is 0.265 e. The van der Waals surface area contributed by atoms with Crippen molar-refractivity contribution in [2.75, 3.05) is 22.5 Å². The van der Waals surface area contributed by atoms with Crippen LogP contribution in [0, 0.1) is 6.92 Å². The maximum atomic E-state index is 12.7. The summed E-state index contributed by atoms with van der Waals surface area (Å²) < 4.78 is 33.2. The molecule has 0 atom stereocenters. The molecule has 0 spiro atoms. The third kappa shape index (κ3) is 5.55. The van der Waals surface area contributed by atoms with Gasteiger partial charge in [-0.2, -0.15) is 0 Å². The van der Waals surface area contributed by atoms with E-state index in [9.17, 15) is 8.42 Å². The minimum atomic E-state index is -3.80. The first-order chi connectivity index (χ1) is 15.9. The molecule has 3 N–H and O–H groups in total. The lowest BCUT2D eigenvalue weighted by Crippen LogP contribution is -2.14. The van der Waals surface area contributed by atoms with Crippen molar-refractivity contribution >= 4 is 38.9 Å². The fraction of sp³-hybridized carbons (Fsp3) is 0.0870. The van der Waals surface area contributed by atoms with Crippen molar-refractivity contribution in [2.24, 2.45) is 0 Å². The molecule has 2 aromatic heterocycles. The molecule has 4 rings (SSSR count). The van der Waals surface area contributed by atoms with Crippen molar-refractivity contribution in [1.29, 1.82) is 0 Å². The molecule has 0 unspecified atom stereocenters. The van der Waals surface area contributed by atoms with Crippen LogP contribution in [0.15, 0.2) is 84.1 Å². The average Bonchev–Trinajstić information content (AvgIpc) is 2.80.